The first-order chi connectivity index (χ1) is 11.5. The lowest BCUT2D eigenvalue weighted by molar-refractivity contribution is -0.118. The molecule has 0 fully saturated rings. The monoisotopic (exact) mass is 335 g/mol. The van der Waals surface area contributed by atoms with Crippen molar-refractivity contribution in [1.29, 1.82) is 0 Å². The average Bonchev–Trinajstić information content (AvgIpc) is 2.84. The molecule has 0 saturated carbocycles. The lowest BCUT2D eigenvalue weighted by Gasteiger charge is -2.31. The molecule has 0 aliphatic carbocycles. The predicted octanol–water partition coefficient (Wildman–Crippen LogP) is 5.12. The number of para-hydroxylation sites is 1. The maximum absolute atomic E-state index is 13.2. The van der Waals surface area contributed by atoms with Crippen molar-refractivity contribution in [2.24, 2.45) is 0 Å². The van der Waals surface area contributed by atoms with Crippen molar-refractivity contribution in [3.63, 3.8) is 0 Å². The zero-order valence-corrected chi connectivity index (χ0v) is 14.6. The second-order valence-corrected chi connectivity index (χ2v) is 5.87. The number of amides is 1. The third-order valence-electron chi connectivity index (χ3n) is 3.96. The fourth-order valence-electron chi connectivity index (χ4n) is 3.10. The van der Waals surface area contributed by atoms with Crippen molar-refractivity contribution in [1.82, 2.24) is 0 Å². The van der Waals surface area contributed by atoms with Gasteiger partial charge in [-0.25, -0.2) is 0 Å². The summed E-state index contributed by atoms with van der Waals surface area (Å²) in [7, 11) is 0. The Morgan fingerprint density at radius 3 is 2.54 bits per heavy atom. The summed E-state index contributed by atoms with van der Waals surface area (Å²) >= 11 is 4.21. The number of hydrogen-bond acceptors (Lipinski definition) is 2. The summed E-state index contributed by atoms with van der Waals surface area (Å²) < 4.78 is 0. The number of rotatable bonds is 6. The number of carbonyl (C=O) groups is 1. The summed E-state index contributed by atoms with van der Waals surface area (Å²) in [5, 5.41) is 4.61. The molecule has 0 saturated heterocycles. The number of hydrogen-bond donors (Lipinski definition) is 2. The van der Waals surface area contributed by atoms with Gasteiger partial charge in [0, 0.05) is 11.3 Å². The van der Waals surface area contributed by atoms with E-state index in [-0.39, 0.29) is 5.91 Å². The van der Waals surface area contributed by atoms with E-state index in [2.05, 4.69) is 37.7 Å². The summed E-state index contributed by atoms with van der Waals surface area (Å²) in [6, 6.07) is 7.67. The summed E-state index contributed by atoms with van der Waals surface area (Å²) in [5.74, 6) is -0.129. The van der Waals surface area contributed by atoms with Gasteiger partial charge in [0.1, 0.15) is 5.41 Å². The molecule has 1 aromatic carbocycles. The number of nitrogens with one attached hydrogen (secondary N) is 1. The van der Waals surface area contributed by atoms with E-state index in [1.54, 1.807) is 17.6 Å². The Bertz CT molecular complexity index is 798. The van der Waals surface area contributed by atoms with Crippen LogP contribution in [0.15, 0.2) is 96.5 Å². The topological polar surface area (TPSA) is 29.1 Å². The molecule has 24 heavy (non-hydrogen) atoms. The number of fused-ring (bicyclic) bond motifs is 1. The molecule has 122 valence electrons. The molecule has 1 heterocycles. The minimum atomic E-state index is -1.01. The van der Waals surface area contributed by atoms with Gasteiger partial charge in [-0.1, -0.05) is 73.9 Å². The molecule has 2 nitrogen and oxygen atoms in total. The van der Waals surface area contributed by atoms with Crippen LogP contribution < -0.4 is 5.32 Å². The van der Waals surface area contributed by atoms with Crippen LogP contribution in [0.2, 0.25) is 0 Å². The fraction of sp³-hybridized carbons (Fsp3) is 0.0952. The van der Waals surface area contributed by atoms with Crippen LogP contribution in [-0.2, 0) is 10.2 Å². The van der Waals surface area contributed by atoms with Crippen molar-refractivity contribution in [3.05, 3.63) is 102 Å². The van der Waals surface area contributed by atoms with Crippen LogP contribution in [0.5, 0.6) is 0 Å². The Kier molecular flexibility index (Phi) is 5.47. The standard InChI is InChI=1S/C21H21NOS/c1-5-9-16(6-2)21(17(12-13-24)14-15(3)4)18-10-7-8-11-19(18)22-20(21)23/h5-14,24H,1-3H2,4H3,(H,22,23)/b13-12+,16-9+,17-14+. The maximum atomic E-state index is 13.2. The molecule has 1 unspecified atom stereocenters. The van der Waals surface area contributed by atoms with Gasteiger partial charge >= 0.3 is 0 Å². The number of benzene rings is 1. The summed E-state index contributed by atoms with van der Waals surface area (Å²) in [5.41, 5.74) is 3.03. The molecular formula is C21H21NOS. The molecule has 1 N–H and O–H groups in total. The third-order valence-corrected chi connectivity index (χ3v) is 4.11. The second-order valence-electron chi connectivity index (χ2n) is 5.57. The molecule has 1 amide bonds. The first-order valence-corrected chi connectivity index (χ1v) is 8.09. The minimum Gasteiger partial charge on any atom is -0.324 e. The summed E-state index contributed by atoms with van der Waals surface area (Å²) in [4.78, 5) is 13.2. The van der Waals surface area contributed by atoms with Crippen LogP contribution in [-0.4, -0.2) is 5.91 Å². The zero-order chi connectivity index (χ0) is 17.7. The number of anilines is 1. The number of allylic oxidation sites excluding steroid dienone is 6. The van der Waals surface area contributed by atoms with Gasteiger partial charge in [-0.3, -0.25) is 4.79 Å². The number of thiol groups is 1. The second kappa shape index (κ2) is 7.37. The summed E-state index contributed by atoms with van der Waals surface area (Å²) in [6.07, 6.45) is 8.89. The van der Waals surface area contributed by atoms with E-state index in [1.165, 1.54) is 0 Å². The molecule has 1 aliphatic heterocycles. The molecule has 0 spiro atoms. The molecular weight excluding hydrogens is 314 g/mol. The lowest BCUT2D eigenvalue weighted by atomic mass is 9.68. The van der Waals surface area contributed by atoms with Gasteiger partial charge in [0.2, 0.25) is 5.91 Å². The highest BCUT2D eigenvalue weighted by molar-refractivity contribution is 7.83. The van der Waals surface area contributed by atoms with Gasteiger partial charge < -0.3 is 5.32 Å². The lowest BCUT2D eigenvalue weighted by Crippen LogP contribution is -2.37. The molecule has 0 aromatic heterocycles. The van der Waals surface area contributed by atoms with Gasteiger partial charge in [0.15, 0.2) is 0 Å². The van der Waals surface area contributed by atoms with E-state index in [4.69, 9.17) is 0 Å². The zero-order valence-electron chi connectivity index (χ0n) is 13.8. The van der Waals surface area contributed by atoms with E-state index < -0.39 is 5.41 Å². The quantitative estimate of drug-likeness (QED) is 0.548. The smallest absolute Gasteiger partial charge is 0.244 e. The summed E-state index contributed by atoms with van der Waals surface area (Å²) in [6.45, 7) is 13.5. The SMILES string of the molecule is C=C/C=C(\C=C)C1(C(/C=C/S)=C/C(=C)C)C(=O)Nc2ccccc21. The van der Waals surface area contributed by atoms with Crippen LogP contribution in [0, 0.1) is 0 Å². The Labute approximate surface area is 149 Å². The Balaban J connectivity index is 2.94. The molecule has 1 aliphatic rings. The van der Waals surface area contributed by atoms with Crippen LogP contribution in [0.3, 0.4) is 0 Å². The van der Waals surface area contributed by atoms with E-state index in [1.807, 2.05) is 49.4 Å². The molecule has 1 aromatic rings. The van der Waals surface area contributed by atoms with Gasteiger partial charge in [-0.05, 0) is 29.5 Å². The van der Waals surface area contributed by atoms with Crippen molar-refractivity contribution in [2.75, 3.05) is 5.32 Å². The van der Waals surface area contributed by atoms with Gasteiger partial charge in [0.25, 0.3) is 0 Å². The maximum Gasteiger partial charge on any atom is 0.244 e. The van der Waals surface area contributed by atoms with Crippen molar-refractivity contribution in [2.45, 2.75) is 12.3 Å². The number of carbonyl (C=O) groups excluding carboxylic acids is 1. The van der Waals surface area contributed by atoms with Crippen LogP contribution in [0.25, 0.3) is 0 Å². The molecule has 3 heteroatoms. The van der Waals surface area contributed by atoms with E-state index in [0.717, 1.165) is 28.0 Å². The molecule has 2 rings (SSSR count). The van der Waals surface area contributed by atoms with Crippen LogP contribution in [0.1, 0.15) is 12.5 Å². The normalized spacial score (nSPS) is 20.7. The van der Waals surface area contributed by atoms with Crippen molar-refractivity contribution in [3.8, 4) is 0 Å². The Morgan fingerprint density at radius 2 is 1.96 bits per heavy atom. The van der Waals surface area contributed by atoms with E-state index in [9.17, 15) is 4.79 Å². The highest BCUT2D eigenvalue weighted by Gasteiger charge is 2.50. The van der Waals surface area contributed by atoms with E-state index in [0.29, 0.717) is 0 Å². The minimum absolute atomic E-state index is 0.129. The first-order valence-electron chi connectivity index (χ1n) is 7.57. The molecule has 1 atom stereocenters. The highest BCUT2D eigenvalue weighted by atomic mass is 32.1. The van der Waals surface area contributed by atoms with Gasteiger partial charge in [-0.15, -0.1) is 0 Å². The van der Waals surface area contributed by atoms with Crippen molar-refractivity contribution < 1.29 is 4.79 Å². The third kappa shape index (κ3) is 2.83. The van der Waals surface area contributed by atoms with Crippen LogP contribution >= 0.6 is 12.6 Å². The average molecular weight is 335 g/mol. The molecule has 0 bridgehead atoms. The van der Waals surface area contributed by atoms with Gasteiger partial charge in [0.05, 0.1) is 0 Å². The van der Waals surface area contributed by atoms with Gasteiger partial charge in [-0.2, -0.15) is 12.6 Å². The van der Waals surface area contributed by atoms with Crippen LogP contribution in [0.4, 0.5) is 5.69 Å². The van der Waals surface area contributed by atoms with E-state index >= 15 is 0 Å². The predicted molar refractivity (Wildman–Crippen MR) is 106 cm³/mol. The Morgan fingerprint density at radius 1 is 1.25 bits per heavy atom. The largest absolute Gasteiger partial charge is 0.324 e. The van der Waals surface area contributed by atoms with Crippen molar-refractivity contribution >= 4 is 24.2 Å². The Hall–Kier alpha value is -2.52. The first kappa shape index (κ1) is 17.8. The molecule has 0 radical (unpaired) electrons. The highest BCUT2D eigenvalue weighted by Crippen LogP contribution is 2.49. The fourth-order valence-corrected chi connectivity index (χ4v) is 3.26.